The Morgan fingerprint density at radius 1 is 1.21 bits per heavy atom. The van der Waals surface area contributed by atoms with E-state index in [4.69, 9.17) is 22.1 Å². The molecule has 1 aromatic heterocycles. The molecule has 1 aliphatic rings. The standard InChI is InChI=1S/C14H14ClN3O/c1-8-12(16)13(18-14(15)17-8)19-11-6-5-9-3-2-4-10(9)7-11/h5-7H,2-4,16H2,1H3. The average Bonchev–Trinajstić information content (AvgIpc) is 2.82. The number of benzene rings is 1. The van der Waals surface area contributed by atoms with E-state index in [0.717, 1.165) is 18.6 Å². The summed E-state index contributed by atoms with van der Waals surface area (Å²) in [6.45, 7) is 1.78. The topological polar surface area (TPSA) is 61.0 Å². The number of nitrogen functional groups attached to an aromatic ring is 1. The Kier molecular flexibility index (Phi) is 3.03. The monoisotopic (exact) mass is 275 g/mol. The van der Waals surface area contributed by atoms with Gasteiger partial charge in [-0.15, -0.1) is 0 Å². The van der Waals surface area contributed by atoms with Gasteiger partial charge in [0, 0.05) is 0 Å². The quantitative estimate of drug-likeness (QED) is 0.854. The third-order valence-corrected chi connectivity index (χ3v) is 3.53. The first kappa shape index (κ1) is 12.2. The third-order valence-electron chi connectivity index (χ3n) is 3.36. The van der Waals surface area contributed by atoms with Gasteiger partial charge in [-0.05, 0) is 61.0 Å². The van der Waals surface area contributed by atoms with Crippen LogP contribution in [0.25, 0.3) is 0 Å². The van der Waals surface area contributed by atoms with Gasteiger partial charge < -0.3 is 10.5 Å². The fourth-order valence-corrected chi connectivity index (χ4v) is 2.53. The van der Waals surface area contributed by atoms with Crippen molar-refractivity contribution in [2.45, 2.75) is 26.2 Å². The van der Waals surface area contributed by atoms with E-state index in [2.05, 4.69) is 16.0 Å². The Morgan fingerprint density at radius 3 is 2.84 bits per heavy atom. The molecule has 5 heteroatoms. The van der Waals surface area contributed by atoms with Crippen molar-refractivity contribution in [3.05, 3.63) is 40.3 Å². The van der Waals surface area contributed by atoms with E-state index in [0.29, 0.717) is 17.3 Å². The van der Waals surface area contributed by atoms with Crippen molar-refractivity contribution in [2.24, 2.45) is 0 Å². The lowest BCUT2D eigenvalue weighted by Crippen LogP contribution is -2.01. The number of anilines is 1. The number of rotatable bonds is 2. The maximum Gasteiger partial charge on any atom is 0.247 e. The minimum absolute atomic E-state index is 0.142. The molecule has 1 aliphatic carbocycles. The lowest BCUT2D eigenvalue weighted by Gasteiger charge is -2.10. The molecular weight excluding hydrogens is 262 g/mol. The molecule has 1 heterocycles. The zero-order valence-electron chi connectivity index (χ0n) is 10.6. The average molecular weight is 276 g/mol. The van der Waals surface area contributed by atoms with Crippen LogP contribution in [0, 0.1) is 6.92 Å². The molecular formula is C14H14ClN3O. The van der Waals surface area contributed by atoms with E-state index in [-0.39, 0.29) is 5.28 Å². The molecule has 0 bridgehead atoms. The first-order chi connectivity index (χ1) is 9.13. The molecule has 0 radical (unpaired) electrons. The zero-order chi connectivity index (χ0) is 13.4. The van der Waals surface area contributed by atoms with Gasteiger partial charge in [-0.25, -0.2) is 4.98 Å². The highest BCUT2D eigenvalue weighted by molar-refractivity contribution is 6.28. The molecule has 0 saturated carbocycles. The van der Waals surface area contributed by atoms with Crippen LogP contribution in [-0.2, 0) is 12.8 Å². The normalized spacial score (nSPS) is 13.4. The summed E-state index contributed by atoms with van der Waals surface area (Å²) < 4.78 is 5.74. The largest absolute Gasteiger partial charge is 0.437 e. The van der Waals surface area contributed by atoms with Gasteiger partial charge in [-0.2, -0.15) is 4.98 Å². The molecule has 0 aliphatic heterocycles. The van der Waals surface area contributed by atoms with E-state index in [1.807, 2.05) is 12.1 Å². The van der Waals surface area contributed by atoms with Crippen LogP contribution in [0.1, 0.15) is 23.2 Å². The van der Waals surface area contributed by atoms with E-state index in [9.17, 15) is 0 Å². The van der Waals surface area contributed by atoms with Crippen LogP contribution >= 0.6 is 11.6 Å². The molecule has 3 rings (SSSR count). The number of nitrogens with two attached hydrogens (primary N) is 1. The van der Waals surface area contributed by atoms with Crippen molar-refractivity contribution in [1.82, 2.24) is 9.97 Å². The first-order valence-electron chi connectivity index (χ1n) is 6.23. The summed E-state index contributed by atoms with van der Waals surface area (Å²) in [5.74, 6) is 1.05. The lowest BCUT2D eigenvalue weighted by molar-refractivity contribution is 0.463. The Balaban J connectivity index is 1.93. The molecule has 1 aromatic carbocycles. The summed E-state index contributed by atoms with van der Waals surface area (Å²) in [4.78, 5) is 8.01. The van der Waals surface area contributed by atoms with E-state index in [1.165, 1.54) is 17.5 Å². The van der Waals surface area contributed by atoms with Crippen molar-refractivity contribution in [3.63, 3.8) is 0 Å². The first-order valence-corrected chi connectivity index (χ1v) is 6.60. The number of nitrogens with zero attached hydrogens (tertiary/aromatic N) is 2. The molecule has 0 atom stereocenters. The predicted octanol–water partition coefficient (Wildman–Crippen LogP) is 3.30. The number of hydrogen-bond acceptors (Lipinski definition) is 4. The van der Waals surface area contributed by atoms with Gasteiger partial charge in [0.15, 0.2) is 0 Å². The number of halogens is 1. The summed E-state index contributed by atoms with van der Waals surface area (Å²) in [6, 6.07) is 6.09. The lowest BCUT2D eigenvalue weighted by atomic mass is 10.1. The summed E-state index contributed by atoms with van der Waals surface area (Å²) in [7, 11) is 0. The van der Waals surface area contributed by atoms with Crippen molar-refractivity contribution >= 4 is 17.3 Å². The SMILES string of the molecule is Cc1nc(Cl)nc(Oc2ccc3c(c2)CCC3)c1N. The Labute approximate surface area is 116 Å². The second-order valence-corrected chi connectivity index (χ2v) is 5.02. The van der Waals surface area contributed by atoms with E-state index >= 15 is 0 Å². The fraction of sp³-hybridized carbons (Fsp3) is 0.286. The Hall–Kier alpha value is -1.81. The number of aromatic nitrogens is 2. The number of hydrogen-bond donors (Lipinski definition) is 1. The van der Waals surface area contributed by atoms with Crippen molar-refractivity contribution in [2.75, 3.05) is 5.73 Å². The van der Waals surface area contributed by atoms with Gasteiger partial charge in [0.2, 0.25) is 11.2 Å². The molecule has 4 nitrogen and oxygen atoms in total. The van der Waals surface area contributed by atoms with Crippen LogP contribution in [0.15, 0.2) is 18.2 Å². The van der Waals surface area contributed by atoms with Gasteiger partial charge >= 0.3 is 0 Å². The molecule has 98 valence electrons. The van der Waals surface area contributed by atoms with Crippen LogP contribution in [0.2, 0.25) is 5.28 Å². The second kappa shape index (κ2) is 4.70. The molecule has 2 aromatic rings. The molecule has 0 unspecified atom stereocenters. The number of aryl methyl sites for hydroxylation is 3. The van der Waals surface area contributed by atoms with Crippen LogP contribution in [0.4, 0.5) is 5.69 Å². The van der Waals surface area contributed by atoms with Crippen LogP contribution in [0.5, 0.6) is 11.6 Å². The van der Waals surface area contributed by atoms with E-state index in [1.54, 1.807) is 6.92 Å². The van der Waals surface area contributed by atoms with Crippen LogP contribution < -0.4 is 10.5 Å². The van der Waals surface area contributed by atoms with Gasteiger partial charge in [0.1, 0.15) is 11.4 Å². The van der Waals surface area contributed by atoms with E-state index < -0.39 is 0 Å². The van der Waals surface area contributed by atoms with Crippen LogP contribution in [0.3, 0.4) is 0 Å². The summed E-state index contributed by atoms with van der Waals surface area (Å²) in [6.07, 6.45) is 3.46. The smallest absolute Gasteiger partial charge is 0.247 e. The molecule has 0 fully saturated rings. The van der Waals surface area contributed by atoms with Crippen LogP contribution in [-0.4, -0.2) is 9.97 Å². The van der Waals surface area contributed by atoms with Crippen molar-refractivity contribution in [1.29, 1.82) is 0 Å². The highest BCUT2D eigenvalue weighted by Gasteiger charge is 2.14. The van der Waals surface area contributed by atoms with Gasteiger partial charge in [-0.1, -0.05) is 6.07 Å². The molecule has 0 saturated heterocycles. The maximum atomic E-state index is 5.90. The molecule has 0 amide bonds. The highest BCUT2D eigenvalue weighted by atomic mass is 35.5. The molecule has 2 N–H and O–H groups in total. The van der Waals surface area contributed by atoms with Crippen molar-refractivity contribution < 1.29 is 4.74 Å². The minimum atomic E-state index is 0.142. The second-order valence-electron chi connectivity index (χ2n) is 4.68. The van der Waals surface area contributed by atoms with Gasteiger partial charge in [0.05, 0.1) is 5.69 Å². The minimum Gasteiger partial charge on any atom is -0.437 e. The zero-order valence-corrected chi connectivity index (χ0v) is 11.4. The Bertz CT molecular complexity index is 643. The maximum absolute atomic E-state index is 5.90. The summed E-state index contributed by atoms with van der Waals surface area (Å²) in [5.41, 5.74) is 9.69. The van der Waals surface area contributed by atoms with Gasteiger partial charge in [0.25, 0.3) is 0 Å². The number of ether oxygens (including phenoxy) is 1. The summed E-state index contributed by atoms with van der Waals surface area (Å²) >= 11 is 5.82. The Morgan fingerprint density at radius 2 is 2.00 bits per heavy atom. The highest BCUT2D eigenvalue weighted by Crippen LogP contribution is 2.31. The number of fused-ring (bicyclic) bond motifs is 1. The van der Waals surface area contributed by atoms with Gasteiger partial charge in [-0.3, -0.25) is 0 Å². The molecule has 0 spiro atoms. The fourth-order valence-electron chi connectivity index (χ4n) is 2.32. The predicted molar refractivity (Wildman–Crippen MR) is 74.7 cm³/mol. The molecule has 19 heavy (non-hydrogen) atoms. The van der Waals surface area contributed by atoms with Crippen molar-refractivity contribution in [3.8, 4) is 11.6 Å². The summed E-state index contributed by atoms with van der Waals surface area (Å²) in [5, 5.41) is 0.142. The third kappa shape index (κ3) is 2.36.